The third-order valence-electron chi connectivity index (χ3n) is 10.6. The number of rotatable bonds is 13. The molecule has 8 nitrogen and oxygen atoms in total. The average molecular weight is 756 g/mol. The Balaban J connectivity index is 1.52. The number of hydrogen-bond donors (Lipinski definition) is 2. The molecule has 3 aliphatic rings. The van der Waals surface area contributed by atoms with Gasteiger partial charge in [0, 0.05) is 52.5 Å². The lowest BCUT2D eigenvalue weighted by molar-refractivity contribution is -0.438. The van der Waals surface area contributed by atoms with Crippen LogP contribution in [0.15, 0.2) is 93.5 Å². The average Bonchev–Trinajstić information content (AvgIpc) is 3.30. The fraction of sp³-hybridized carbons (Fsp3) is 0.475. The maximum atomic E-state index is 12.1. The van der Waals surface area contributed by atoms with Gasteiger partial charge in [-0.15, -0.1) is 0 Å². The van der Waals surface area contributed by atoms with Crippen molar-refractivity contribution in [2.45, 2.75) is 108 Å². The van der Waals surface area contributed by atoms with Gasteiger partial charge in [0.25, 0.3) is 20.2 Å². The van der Waals surface area contributed by atoms with E-state index in [1.165, 1.54) is 41.9 Å². The summed E-state index contributed by atoms with van der Waals surface area (Å²) in [6.45, 7) is 12.2. The van der Waals surface area contributed by atoms with E-state index in [1.807, 2.05) is 19.9 Å². The molecule has 2 aromatic carbocycles. The molecular weight excluding hydrogens is 704 g/mol. The number of anilines is 1. The van der Waals surface area contributed by atoms with Crippen molar-refractivity contribution in [1.29, 1.82) is 0 Å². The van der Waals surface area contributed by atoms with Crippen LogP contribution in [0.3, 0.4) is 0 Å². The summed E-state index contributed by atoms with van der Waals surface area (Å²) in [5.41, 5.74) is 7.64. The van der Waals surface area contributed by atoms with Gasteiger partial charge in [0.1, 0.15) is 6.54 Å². The van der Waals surface area contributed by atoms with Crippen molar-refractivity contribution in [3.05, 3.63) is 99.8 Å². The molecule has 0 atom stereocenters. The van der Waals surface area contributed by atoms with E-state index in [9.17, 15) is 25.9 Å². The number of nitrogens with zero attached hydrogens (tertiary/aromatic N) is 2. The van der Waals surface area contributed by atoms with Gasteiger partial charge in [-0.1, -0.05) is 69.1 Å². The van der Waals surface area contributed by atoms with E-state index in [0.717, 1.165) is 71.8 Å². The Morgan fingerprint density at radius 2 is 1.59 bits per heavy atom. The van der Waals surface area contributed by atoms with E-state index in [-0.39, 0.29) is 22.5 Å². The molecule has 0 saturated carbocycles. The van der Waals surface area contributed by atoms with Crippen LogP contribution in [-0.2, 0) is 31.1 Å². The standard InChI is InChI=1S/C40H51ClN2O6S2/c1-6-7-12-25-42-34-18-11-10-17-32(34)39(2,3)36(42)23-19-29-15-8-9-16-30(38(29)41)20-24-37-40(4,5)33-28-31(51(47,48)49)21-22-35(33)43(37)26-13-14-27-50(44,45)46/h10-11,17-24,28H,6-9,12-16,25-27H2,1-5H3,(H-,44,45,46,47,48,49)/p+1. The molecule has 0 amide bonds. The lowest BCUT2D eigenvalue weighted by Gasteiger charge is -2.27. The first kappa shape index (κ1) is 39.2. The molecule has 0 unspecified atom stereocenters. The molecule has 0 aromatic heterocycles. The van der Waals surface area contributed by atoms with Crippen molar-refractivity contribution >= 4 is 48.9 Å². The zero-order valence-electron chi connectivity index (χ0n) is 30.5. The number of allylic oxidation sites excluding steroid dienone is 8. The predicted molar refractivity (Wildman–Crippen MR) is 208 cm³/mol. The monoisotopic (exact) mass is 755 g/mol. The Morgan fingerprint density at radius 1 is 0.863 bits per heavy atom. The van der Waals surface area contributed by atoms with E-state index in [0.29, 0.717) is 13.0 Å². The van der Waals surface area contributed by atoms with Crippen molar-refractivity contribution in [2.75, 3.05) is 23.7 Å². The summed E-state index contributed by atoms with van der Waals surface area (Å²) < 4.78 is 68.4. The van der Waals surface area contributed by atoms with Crippen LogP contribution >= 0.6 is 11.6 Å². The van der Waals surface area contributed by atoms with Gasteiger partial charge in [-0.3, -0.25) is 9.11 Å². The number of fused-ring (bicyclic) bond motifs is 2. The summed E-state index contributed by atoms with van der Waals surface area (Å²) in [6, 6.07) is 13.3. The zero-order valence-corrected chi connectivity index (χ0v) is 32.8. The highest BCUT2D eigenvalue weighted by Crippen LogP contribution is 2.49. The Labute approximate surface area is 309 Å². The molecular formula is C40H52ClN2O6S2+. The summed E-state index contributed by atoms with van der Waals surface area (Å²) in [5, 5.41) is 0.744. The molecule has 2 aliphatic heterocycles. The van der Waals surface area contributed by atoms with Crippen LogP contribution in [0.25, 0.3) is 0 Å². The minimum absolute atomic E-state index is 0.150. The van der Waals surface area contributed by atoms with Crippen LogP contribution in [0.1, 0.15) is 104 Å². The van der Waals surface area contributed by atoms with Crippen LogP contribution in [0.4, 0.5) is 11.4 Å². The highest BCUT2D eigenvalue weighted by molar-refractivity contribution is 7.86. The molecule has 2 N–H and O–H groups in total. The number of hydrogen-bond acceptors (Lipinski definition) is 5. The third kappa shape index (κ3) is 8.62. The molecule has 5 rings (SSSR count). The molecule has 276 valence electrons. The second kappa shape index (κ2) is 15.5. The van der Waals surface area contributed by atoms with E-state index in [1.54, 1.807) is 6.07 Å². The second-order valence-electron chi connectivity index (χ2n) is 14.9. The summed E-state index contributed by atoms with van der Waals surface area (Å²) in [4.78, 5) is 1.89. The van der Waals surface area contributed by atoms with Crippen LogP contribution in [0.5, 0.6) is 0 Å². The van der Waals surface area contributed by atoms with Gasteiger partial charge in [0.05, 0.1) is 16.1 Å². The van der Waals surface area contributed by atoms with E-state index >= 15 is 0 Å². The number of unbranched alkanes of at least 4 members (excludes halogenated alkanes) is 3. The van der Waals surface area contributed by atoms with Crippen molar-refractivity contribution < 1.29 is 30.5 Å². The maximum absolute atomic E-state index is 12.1. The molecule has 0 spiro atoms. The van der Waals surface area contributed by atoms with Gasteiger partial charge in [-0.05, 0) is 99.8 Å². The van der Waals surface area contributed by atoms with Crippen LogP contribution < -0.4 is 4.90 Å². The Kier molecular flexibility index (Phi) is 11.9. The van der Waals surface area contributed by atoms with Gasteiger partial charge in [0.15, 0.2) is 5.71 Å². The molecule has 0 saturated heterocycles. The van der Waals surface area contributed by atoms with Gasteiger partial charge in [0.2, 0.25) is 5.69 Å². The van der Waals surface area contributed by atoms with E-state index in [4.69, 9.17) is 11.6 Å². The predicted octanol–water partition coefficient (Wildman–Crippen LogP) is 9.40. The molecule has 0 bridgehead atoms. The van der Waals surface area contributed by atoms with Crippen LogP contribution in [0.2, 0.25) is 0 Å². The van der Waals surface area contributed by atoms with Gasteiger partial charge in [-0.25, -0.2) is 0 Å². The van der Waals surface area contributed by atoms with Crippen molar-refractivity contribution in [2.24, 2.45) is 0 Å². The Morgan fingerprint density at radius 3 is 2.29 bits per heavy atom. The van der Waals surface area contributed by atoms with E-state index < -0.39 is 25.7 Å². The number of para-hydroxylation sites is 1. The molecule has 2 aromatic rings. The summed E-state index contributed by atoms with van der Waals surface area (Å²) in [5.74, 6) is -0.336. The fourth-order valence-corrected chi connectivity index (χ4v) is 9.13. The minimum atomic E-state index is -4.42. The lowest BCUT2D eigenvalue weighted by Crippen LogP contribution is -2.28. The zero-order chi connectivity index (χ0) is 37.2. The molecule has 1 aliphatic carbocycles. The van der Waals surface area contributed by atoms with Crippen molar-refractivity contribution in [3.63, 3.8) is 0 Å². The first-order chi connectivity index (χ1) is 24.0. The maximum Gasteiger partial charge on any atom is 0.294 e. The summed E-state index contributed by atoms with van der Waals surface area (Å²) in [6.07, 6.45) is 16.5. The van der Waals surface area contributed by atoms with Crippen molar-refractivity contribution in [1.82, 2.24) is 0 Å². The highest BCUT2D eigenvalue weighted by Gasteiger charge is 2.44. The van der Waals surface area contributed by atoms with E-state index in [2.05, 4.69) is 72.7 Å². The topological polar surface area (TPSA) is 115 Å². The Hall–Kier alpha value is -3.02. The molecule has 51 heavy (non-hydrogen) atoms. The minimum Gasteiger partial charge on any atom is -0.344 e. The van der Waals surface area contributed by atoms with Crippen molar-refractivity contribution in [3.8, 4) is 0 Å². The molecule has 0 radical (unpaired) electrons. The smallest absolute Gasteiger partial charge is 0.294 e. The largest absolute Gasteiger partial charge is 0.344 e. The van der Waals surface area contributed by atoms with Crippen LogP contribution in [-0.4, -0.2) is 55.1 Å². The summed E-state index contributed by atoms with van der Waals surface area (Å²) >= 11 is 7.26. The fourth-order valence-electron chi connectivity index (χ4n) is 7.74. The summed E-state index contributed by atoms with van der Waals surface area (Å²) in [7, 11) is -8.50. The highest BCUT2D eigenvalue weighted by atomic mass is 35.5. The van der Waals surface area contributed by atoms with Gasteiger partial charge >= 0.3 is 0 Å². The SMILES string of the molecule is CCCCC[N+]1=C(/C=C/C2=C(Cl)C(=C/C=C3/N(CCCCS(=O)(=O)O)c4ccc(S(=O)(=O)O)cc4C3(C)C)/CCCC2)C(C)(C)c2ccccc21. The normalized spacial score (nSPS) is 20.5. The number of benzene rings is 2. The molecule has 0 fully saturated rings. The van der Waals surface area contributed by atoms with Crippen LogP contribution in [0, 0.1) is 0 Å². The third-order valence-corrected chi connectivity index (χ3v) is 12.7. The molecule has 11 heteroatoms. The van der Waals surface area contributed by atoms with Gasteiger partial charge in [-0.2, -0.15) is 21.4 Å². The number of halogens is 1. The van der Waals surface area contributed by atoms with Gasteiger partial charge < -0.3 is 4.90 Å². The quantitative estimate of drug-likeness (QED) is 0.119. The Bertz CT molecular complexity index is 2040. The lowest BCUT2D eigenvalue weighted by atomic mass is 9.81. The first-order valence-electron chi connectivity index (χ1n) is 18.0. The second-order valence-corrected chi connectivity index (χ2v) is 18.3. The first-order valence-corrected chi connectivity index (χ1v) is 21.5. The molecule has 2 heterocycles.